The van der Waals surface area contributed by atoms with E-state index in [1.165, 1.54) is 11.1 Å². The predicted molar refractivity (Wildman–Crippen MR) is 128 cm³/mol. The summed E-state index contributed by atoms with van der Waals surface area (Å²) in [6, 6.07) is 16.6. The number of fused-ring (bicyclic) bond motifs is 3. The molecule has 0 saturated heterocycles. The van der Waals surface area contributed by atoms with Gasteiger partial charge >= 0.3 is 0 Å². The second-order valence-corrected chi connectivity index (χ2v) is 6.57. The topological polar surface area (TPSA) is 39.9 Å². The molecule has 4 rings (SSSR count). The van der Waals surface area contributed by atoms with Crippen LogP contribution in [0.1, 0.15) is 58.8 Å². The Balaban J connectivity index is 0.000000757. The highest BCUT2D eigenvalue weighted by Gasteiger charge is 2.14. The highest BCUT2D eigenvalue weighted by Crippen LogP contribution is 2.26. The van der Waals surface area contributed by atoms with Crippen molar-refractivity contribution in [3.63, 3.8) is 0 Å². The van der Waals surface area contributed by atoms with Crippen LogP contribution in [0, 0.1) is 0 Å². The fourth-order valence-corrected chi connectivity index (χ4v) is 3.42. The van der Waals surface area contributed by atoms with Gasteiger partial charge in [-0.3, -0.25) is 4.98 Å². The molecule has 0 aliphatic rings. The molecule has 0 atom stereocenters. The lowest BCUT2D eigenvalue weighted by molar-refractivity contribution is 0.414. The number of para-hydroxylation sites is 1. The van der Waals surface area contributed by atoms with E-state index >= 15 is 0 Å². The molecule has 0 N–H and O–H groups in total. The maximum absolute atomic E-state index is 5.28. The fraction of sp³-hybridized carbons (Fsp3) is 0.385. The number of rotatable bonds is 6. The normalized spacial score (nSPS) is 10.2. The van der Waals surface area contributed by atoms with E-state index < -0.39 is 0 Å². The summed E-state index contributed by atoms with van der Waals surface area (Å²) in [5.74, 6) is 2.01. The Morgan fingerprint density at radius 1 is 0.900 bits per heavy atom. The number of pyridine rings is 1. The molecule has 2 aromatic heterocycles. The van der Waals surface area contributed by atoms with E-state index in [4.69, 9.17) is 9.72 Å². The molecule has 0 aliphatic carbocycles. The van der Waals surface area contributed by atoms with Crippen molar-refractivity contribution in [2.45, 2.75) is 60.4 Å². The average Bonchev–Trinajstić information content (AvgIpc) is 3.18. The zero-order valence-electron chi connectivity index (χ0n) is 19.3. The van der Waals surface area contributed by atoms with E-state index in [9.17, 15) is 0 Å². The molecule has 0 unspecified atom stereocenters. The van der Waals surface area contributed by atoms with Crippen molar-refractivity contribution in [2.24, 2.45) is 0 Å². The summed E-state index contributed by atoms with van der Waals surface area (Å²) in [7, 11) is 1.69. The minimum absolute atomic E-state index is 0.799. The lowest BCUT2D eigenvalue weighted by atomic mass is 10.1. The van der Waals surface area contributed by atoms with Gasteiger partial charge in [-0.05, 0) is 30.2 Å². The first-order valence-electron chi connectivity index (χ1n) is 11.2. The van der Waals surface area contributed by atoms with E-state index in [1.54, 1.807) is 7.11 Å². The first kappa shape index (κ1) is 23.4. The maximum Gasteiger partial charge on any atom is 0.118 e. The Morgan fingerprint density at radius 2 is 1.60 bits per heavy atom. The molecular weight excluding hydrogens is 370 g/mol. The molecule has 0 spiro atoms. The first-order chi connectivity index (χ1) is 14.8. The maximum atomic E-state index is 5.28. The summed E-state index contributed by atoms with van der Waals surface area (Å²) >= 11 is 0. The molecular formula is C26H35N3O. The van der Waals surface area contributed by atoms with Gasteiger partial charge in [0.2, 0.25) is 0 Å². The predicted octanol–water partition coefficient (Wildman–Crippen LogP) is 7.04. The van der Waals surface area contributed by atoms with Crippen LogP contribution < -0.4 is 4.74 Å². The van der Waals surface area contributed by atoms with E-state index in [0.717, 1.165) is 53.8 Å². The van der Waals surface area contributed by atoms with Gasteiger partial charge in [0.1, 0.15) is 17.1 Å². The van der Waals surface area contributed by atoms with Crippen LogP contribution >= 0.6 is 0 Å². The number of hydrogen-bond donors (Lipinski definition) is 0. The van der Waals surface area contributed by atoms with E-state index in [2.05, 4.69) is 46.8 Å². The lowest BCUT2D eigenvalue weighted by Crippen LogP contribution is -2.06. The molecule has 0 saturated carbocycles. The second kappa shape index (κ2) is 12.0. The van der Waals surface area contributed by atoms with Gasteiger partial charge in [0.15, 0.2) is 0 Å². The molecule has 0 amide bonds. The summed E-state index contributed by atoms with van der Waals surface area (Å²) in [6.07, 6.45) is 5.18. The molecule has 0 fully saturated rings. The van der Waals surface area contributed by atoms with Crippen molar-refractivity contribution in [2.75, 3.05) is 7.11 Å². The average molecular weight is 406 g/mol. The molecule has 4 nitrogen and oxygen atoms in total. The number of methoxy groups -OCH3 is 1. The van der Waals surface area contributed by atoms with Crippen LogP contribution in [0.5, 0.6) is 5.75 Å². The number of unbranched alkanes of at least 4 members (excludes halogenated alkanes) is 1. The van der Waals surface area contributed by atoms with Gasteiger partial charge < -0.3 is 9.30 Å². The number of benzene rings is 2. The second-order valence-electron chi connectivity index (χ2n) is 6.57. The van der Waals surface area contributed by atoms with Crippen LogP contribution in [-0.2, 0) is 13.0 Å². The minimum atomic E-state index is 0.799. The standard InChI is InChI=1S/C22H23N3O.2C2H6/c1-3-4-9-21-24-20-14-23-19-8-6-5-7-18(19)22(20)25(21)15-16-10-12-17(26-2)13-11-16;2*1-2/h5-8,10-14H,3-4,9,15H2,1-2H3;2*1-2H3. The van der Waals surface area contributed by atoms with Crippen LogP contribution in [-0.4, -0.2) is 21.6 Å². The van der Waals surface area contributed by atoms with Crippen LogP contribution in [0.4, 0.5) is 0 Å². The van der Waals surface area contributed by atoms with E-state index in [1.807, 2.05) is 52.1 Å². The Labute approximate surface area is 180 Å². The molecule has 160 valence electrons. The van der Waals surface area contributed by atoms with Crippen molar-refractivity contribution in [1.82, 2.24) is 14.5 Å². The van der Waals surface area contributed by atoms with Crippen molar-refractivity contribution in [3.8, 4) is 5.75 Å². The fourth-order valence-electron chi connectivity index (χ4n) is 3.42. The summed E-state index contributed by atoms with van der Waals surface area (Å²) < 4.78 is 7.64. The zero-order valence-corrected chi connectivity index (χ0v) is 19.3. The van der Waals surface area contributed by atoms with Crippen LogP contribution in [0.25, 0.3) is 21.9 Å². The van der Waals surface area contributed by atoms with Crippen LogP contribution in [0.3, 0.4) is 0 Å². The molecule has 0 bridgehead atoms. The third-order valence-electron chi connectivity index (χ3n) is 4.81. The van der Waals surface area contributed by atoms with Crippen molar-refractivity contribution >= 4 is 21.9 Å². The van der Waals surface area contributed by atoms with Gasteiger partial charge in [-0.25, -0.2) is 4.98 Å². The third-order valence-corrected chi connectivity index (χ3v) is 4.81. The Bertz CT molecular complexity index is 1040. The molecule has 2 heterocycles. The summed E-state index contributed by atoms with van der Waals surface area (Å²) in [5.41, 5.74) is 4.41. The summed E-state index contributed by atoms with van der Waals surface area (Å²) in [6.45, 7) is 11.0. The number of imidazole rings is 1. The largest absolute Gasteiger partial charge is 0.497 e. The van der Waals surface area contributed by atoms with E-state index in [-0.39, 0.29) is 0 Å². The van der Waals surface area contributed by atoms with Gasteiger partial charge in [0.25, 0.3) is 0 Å². The molecule has 30 heavy (non-hydrogen) atoms. The zero-order chi connectivity index (χ0) is 21.9. The Kier molecular flexibility index (Phi) is 9.33. The van der Waals surface area contributed by atoms with Crippen molar-refractivity contribution in [1.29, 1.82) is 0 Å². The van der Waals surface area contributed by atoms with Gasteiger partial charge in [-0.15, -0.1) is 0 Å². The van der Waals surface area contributed by atoms with Crippen LogP contribution in [0.15, 0.2) is 54.7 Å². The quantitative estimate of drug-likeness (QED) is 0.345. The number of aryl methyl sites for hydroxylation is 1. The highest BCUT2D eigenvalue weighted by atomic mass is 16.5. The van der Waals surface area contributed by atoms with Gasteiger partial charge in [-0.1, -0.05) is 71.4 Å². The van der Waals surface area contributed by atoms with Crippen molar-refractivity contribution < 1.29 is 4.74 Å². The molecule has 0 radical (unpaired) electrons. The molecule has 4 aromatic rings. The summed E-state index contributed by atoms with van der Waals surface area (Å²) in [4.78, 5) is 9.49. The van der Waals surface area contributed by atoms with Crippen LogP contribution in [0.2, 0.25) is 0 Å². The smallest absolute Gasteiger partial charge is 0.118 e. The number of nitrogens with zero attached hydrogens (tertiary/aromatic N) is 3. The van der Waals surface area contributed by atoms with Gasteiger partial charge in [0, 0.05) is 18.4 Å². The molecule has 2 aromatic carbocycles. The Hall–Kier alpha value is -2.88. The highest BCUT2D eigenvalue weighted by molar-refractivity contribution is 6.02. The Morgan fingerprint density at radius 3 is 2.27 bits per heavy atom. The number of ether oxygens (including phenoxy) is 1. The SMILES string of the molecule is CC.CC.CCCCc1nc2cnc3ccccc3c2n1Cc1ccc(OC)cc1. The van der Waals surface area contributed by atoms with Gasteiger partial charge in [0.05, 0.1) is 24.3 Å². The first-order valence-corrected chi connectivity index (χ1v) is 11.2. The van der Waals surface area contributed by atoms with E-state index in [0.29, 0.717) is 0 Å². The third kappa shape index (κ3) is 5.18. The monoisotopic (exact) mass is 405 g/mol. The van der Waals surface area contributed by atoms with Crippen molar-refractivity contribution in [3.05, 3.63) is 66.1 Å². The number of hydrogen-bond acceptors (Lipinski definition) is 3. The molecule has 4 heteroatoms. The summed E-state index contributed by atoms with van der Waals surface area (Å²) in [5, 5.41) is 1.16. The minimum Gasteiger partial charge on any atom is -0.497 e. The molecule has 0 aliphatic heterocycles. The number of aromatic nitrogens is 3. The van der Waals surface area contributed by atoms with Gasteiger partial charge in [-0.2, -0.15) is 0 Å². The lowest BCUT2D eigenvalue weighted by Gasteiger charge is -2.11.